The zero-order valence-corrected chi connectivity index (χ0v) is 31.7. The van der Waals surface area contributed by atoms with Crippen LogP contribution in [0.3, 0.4) is 0 Å². The summed E-state index contributed by atoms with van der Waals surface area (Å²) in [5, 5.41) is 0. The molecule has 1 unspecified atom stereocenters. The summed E-state index contributed by atoms with van der Waals surface area (Å²) in [5.41, 5.74) is 1.30. The number of ketones is 2. The van der Waals surface area contributed by atoms with Crippen molar-refractivity contribution < 1.29 is 56.2 Å². The molecule has 0 N–H and O–H groups in total. The number of carbonyl (C=O) groups excluding carboxylic acids is 3. The van der Waals surface area contributed by atoms with Crippen LogP contribution in [0, 0.1) is 0 Å². The lowest BCUT2D eigenvalue weighted by molar-refractivity contribution is -0.157. The van der Waals surface area contributed by atoms with Gasteiger partial charge in [0.15, 0.2) is 11.6 Å². The van der Waals surface area contributed by atoms with Gasteiger partial charge in [0.05, 0.1) is 58.5 Å². The van der Waals surface area contributed by atoms with Crippen molar-refractivity contribution in [3.05, 3.63) is 108 Å². The maximum absolute atomic E-state index is 13.4. The van der Waals surface area contributed by atoms with Crippen LogP contribution in [0.5, 0.6) is 0 Å². The number of esters is 1. The molecule has 1 aliphatic rings. The van der Waals surface area contributed by atoms with Gasteiger partial charge in [0.1, 0.15) is 5.60 Å². The van der Waals surface area contributed by atoms with Gasteiger partial charge in [-0.3, -0.25) is 28.0 Å². The fraction of sp³-hybridized carbons (Fsp3) is 0.475. The molecule has 0 saturated heterocycles. The average molecular weight is 755 g/mol. The summed E-state index contributed by atoms with van der Waals surface area (Å²) in [6, 6.07) is 30.2. The van der Waals surface area contributed by atoms with E-state index in [2.05, 4.69) is 36.4 Å². The largest absolute Gasteiger partial charge is 0.475 e. The Morgan fingerprint density at radius 3 is 1.49 bits per heavy atom. The van der Waals surface area contributed by atoms with Crippen LogP contribution in [0.2, 0.25) is 0 Å². The Morgan fingerprint density at radius 2 is 1.04 bits per heavy atom. The maximum Gasteiger partial charge on any atom is 0.475 e. The van der Waals surface area contributed by atoms with E-state index in [0.717, 1.165) is 16.7 Å². The molecule has 1 fully saturated rings. The topological polar surface area (TPSA) is 142 Å². The molecule has 0 aliphatic heterocycles. The van der Waals surface area contributed by atoms with Crippen molar-refractivity contribution in [3.8, 4) is 0 Å². The predicted molar refractivity (Wildman–Crippen MR) is 196 cm³/mol. The normalized spacial score (nSPS) is 15.1. The summed E-state index contributed by atoms with van der Waals surface area (Å²) in [5.74, 6) is -1.31. The first-order chi connectivity index (χ1) is 25.5. The number of rotatable bonds is 24. The van der Waals surface area contributed by atoms with Gasteiger partial charge < -0.3 is 23.7 Å². The highest BCUT2D eigenvalue weighted by molar-refractivity contribution is 7.48. The Morgan fingerprint density at radius 1 is 0.623 bits per heavy atom. The molecule has 1 saturated carbocycles. The second-order valence-corrected chi connectivity index (χ2v) is 14.8. The van der Waals surface area contributed by atoms with Crippen molar-refractivity contribution in [1.29, 1.82) is 0 Å². The molecule has 1 aliphatic carbocycles. The number of ether oxygens (including phenoxy) is 5. The summed E-state index contributed by atoms with van der Waals surface area (Å²) in [7, 11) is -3.95. The van der Waals surface area contributed by atoms with Gasteiger partial charge in [-0.05, 0) is 43.9 Å². The lowest BCUT2D eigenvalue weighted by Crippen LogP contribution is -2.34. The Bertz CT molecular complexity index is 1480. The third-order valence-electron chi connectivity index (χ3n) is 7.92. The molecule has 53 heavy (non-hydrogen) atoms. The Hall–Kier alpha value is -3.58. The standard InChI is InChI=1S/C40H51O12P/c1-39(2,3)52-53(44,49-30-27-46-25-24-45-23-13-20-37(43)51-38-35(41)21-22-36(38)42)50-31-28-47-26-29-48-40(32-14-7-4-8-15-32,33-16-9-5-10-17-33)34-18-11-6-12-19-34/h4-12,14-19,38H,13,20-31H2,1-3H3. The highest BCUT2D eigenvalue weighted by Gasteiger charge is 2.38. The zero-order valence-electron chi connectivity index (χ0n) is 30.8. The fourth-order valence-corrected chi connectivity index (χ4v) is 7.06. The van der Waals surface area contributed by atoms with Crippen molar-refractivity contribution in [2.75, 3.05) is 59.5 Å². The summed E-state index contributed by atoms with van der Waals surface area (Å²) in [6.07, 6.45) is -0.611. The number of Topliss-reactive ketones (excluding diaryl/α,β-unsaturated/α-hetero) is 2. The van der Waals surface area contributed by atoms with Crippen LogP contribution in [0.4, 0.5) is 0 Å². The molecule has 0 spiro atoms. The van der Waals surface area contributed by atoms with Crippen LogP contribution in [-0.2, 0) is 61.8 Å². The summed E-state index contributed by atoms with van der Waals surface area (Å²) in [4.78, 5) is 35.1. The van der Waals surface area contributed by atoms with E-state index in [9.17, 15) is 18.9 Å². The molecule has 1 atom stereocenters. The van der Waals surface area contributed by atoms with Crippen LogP contribution in [0.25, 0.3) is 0 Å². The molecule has 3 aromatic carbocycles. The van der Waals surface area contributed by atoms with Crippen molar-refractivity contribution >= 4 is 25.4 Å². The first kappa shape index (κ1) is 42.2. The van der Waals surface area contributed by atoms with E-state index in [1.54, 1.807) is 20.8 Å². The van der Waals surface area contributed by atoms with Gasteiger partial charge in [0.25, 0.3) is 0 Å². The van der Waals surface area contributed by atoms with Gasteiger partial charge in [-0.2, -0.15) is 0 Å². The van der Waals surface area contributed by atoms with Gasteiger partial charge in [-0.15, -0.1) is 0 Å². The van der Waals surface area contributed by atoms with E-state index < -0.39 is 31.1 Å². The molecule has 0 heterocycles. The molecular weight excluding hydrogens is 703 g/mol. The van der Waals surface area contributed by atoms with Gasteiger partial charge >= 0.3 is 13.8 Å². The summed E-state index contributed by atoms with van der Waals surface area (Å²) < 4.78 is 58.7. The van der Waals surface area contributed by atoms with Crippen LogP contribution < -0.4 is 0 Å². The SMILES string of the molecule is CC(C)(C)OP(=O)(OCCOCCOCCCC(=O)OC1C(=O)CCC1=O)OCCOCCOC(c1ccccc1)(c1ccccc1)c1ccccc1. The van der Waals surface area contributed by atoms with Crippen molar-refractivity contribution in [3.63, 3.8) is 0 Å². The smallest absolute Gasteiger partial charge is 0.446 e. The van der Waals surface area contributed by atoms with E-state index in [-0.39, 0.29) is 90.3 Å². The Balaban J connectivity index is 1.15. The quantitative estimate of drug-likeness (QED) is 0.0319. The van der Waals surface area contributed by atoms with E-state index in [1.165, 1.54) is 0 Å². The van der Waals surface area contributed by atoms with Crippen LogP contribution in [0.15, 0.2) is 91.0 Å². The molecule has 3 aromatic rings. The molecule has 0 amide bonds. The highest BCUT2D eigenvalue weighted by Crippen LogP contribution is 2.52. The van der Waals surface area contributed by atoms with Crippen LogP contribution in [-0.4, -0.2) is 88.7 Å². The first-order valence-electron chi connectivity index (χ1n) is 17.9. The number of hydrogen-bond acceptors (Lipinski definition) is 12. The minimum absolute atomic E-state index is 0.0328. The summed E-state index contributed by atoms with van der Waals surface area (Å²) in [6.45, 7) is 6.69. The van der Waals surface area contributed by atoms with Crippen LogP contribution in [0.1, 0.15) is 63.1 Å². The first-order valence-corrected chi connectivity index (χ1v) is 19.4. The van der Waals surface area contributed by atoms with E-state index >= 15 is 0 Å². The summed E-state index contributed by atoms with van der Waals surface area (Å²) >= 11 is 0. The maximum atomic E-state index is 13.4. The van der Waals surface area contributed by atoms with E-state index in [0.29, 0.717) is 6.42 Å². The molecule has 0 aromatic heterocycles. The monoisotopic (exact) mass is 754 g/mol. The second-order valence-electron chi connectivity index (χ2n) is 13.2. The predicted octanol–water partition coefficient (Wildman–Crippen LogP) is 6.63. The molecule has 0 radical (unpaired) electrons. The van der Waals surface area contributed by atoms with Gasteiger partial charge in [-0.1, -0.05) is 91.0 Å². The lowest BCUT2D eigenvalue weighted by Gasteiger charge is -2.36. The van der Waals surface area contributed by atoms with E-state index in [4.69, 9.17) is 37.3 Å². The fourth-order valence-electron chi connectivity index (χ4n) is 5.62. The zero-order chi connectivity index (χ0) is 38.0. The minimum Gasteiger partial charge on any atom is -0.446 e. The van der Waals surface area contributed by atoms with Gasteiger partial charge in [-0.25, -0.2) is 4.57 Å². The van der Waals surface area contributed by atoms with Crippen LogP contribution >= 0.6 is 7.82 Å². The number of phosphoric acid groups is 1. The molecule has 0 bridgehead atoms. The van der Waals surface area contributed by atoms with Crippen molar-refractivity contribution in [2.24, 2.45) is 0 Å². The number of phosphoric ester groups is 1. The Kier molecular flexibility index (Phi) is 17.0. The molecule has 4 rings (SSSR count). The molecule has 288 valence electrons. The molecule has 12 nitrogen and oxygen atoms in total. The number of carbonyl (C=O) groups is 3. The Labute approximate surface area is 312 Å². The second kappa shape index (κ2) is 21.3. The number of hydrogen-bond donors (Lipinski definition) is 0. The number of benzene rings is 3. The van der Waals surface area contributed by atoms with Gasteiger partial charge in [0, 0.05) is 25.9 Å². The lowest BCUT2D eigenvalue weighted by atomic mass is 9.80. The molecule has 13 heteroatoms. The average Bonchev–Trinajstić information content (AvgIpc) is 3.46. The van der Waals surface area contributed by atoms with Gasteiger partial charge in [0.2, 0.25) is 6.10 Å². The third kappa shape index (κ3) is 13.7. The van der Waals surface area contributed by atoms with Crippen molar-refractivity contribution in [2.45, 2.75) is 63.8 Å². The highest BCUT2D eigenvalue weighted by atomic mass is 31.2. The minimum atomic E-state index is -3.95. The third-order valence-corrected chi connectivity index (χ3v) is 9.69. The van der Waals surface area contributed by atoms with Crippen molar-refractivity contribution in [1.82, 2.24) is 0 Å². The molecular formula is C40H51O12P. The van der Waals surface area contributed by atoms with E-state index in [1.807, 2.05) is 54.6 Å².